The molecule has 1 nitrogen and oxygen atoms in total. The lowest BCUT2D eigenvalue weighted by Gasteiger charge is -2.25. The molecular weight excluding hydrogens is 700 g/mol. The maximum atomic E-state index is 13.4. The van der Waals surface area contributed by atoms with Crippen LogP contribution in [0.1, 0.15) is 23.0 Å². The van der Waals surface area contributed by atoms with E-state index in [1.807, 2.05) is 48.5 Å². The van der Waals surface area contributed by atoms with Gasteiger partial charge in [-0.1, -0.05) is 120 Å². The first kappa shape index (κ1) is 21.3. The first-order valence-corrected chi connectivity index (χ1v) is 12.2. The van der Waals surface area contributed by atoms with E-state index in [-0.39, 0.29) is 25.1 Å². The molecule has 0 saturated carbocycles. The summed E-state index contributed by atoms with van der Waals surface area (Å²) in [6.45, 7) is 0. The minimum Gasteiger partial charge on any atom is -0.298 e. The third-order valence-electron chi connectivity index (χ3n) is 3.58. The van der Waals surface area contributed by atoms with Crippen LogP contribution in [0, 0.1) is 0 Å². The van der Waals surface area contributed by atoms with Gasteiger partial charge in [0.15, 0.2) is 5.78 Å². The van der Waals surface area contributed by atoms with E-state index in [4.69, 9.17) is 0 Å². The molecule has 0 aromatic heterocycles. The van der Waals surface area contributed by atoms with Crippen molar-refractivity contribution in [3.63, 3.8) is 0 Å². The van der Waals surface area contributed by atoms with E-state index in [2.05, 4.69) is 95.6 Å². The molecule has 0 radical (unpaired) electrons. The molecule has 0 aliphatic rings. The van der Waals surface area contributed by atoms with Crippen molar-refractivity contribution in [2.24, 2.45) is 0 Å². The molecule has 0 spiro atoms. The summed E-state index contributed by atoms with van der Waals surface area (Å²) in [4.78, 5) is 13.4. The molecule has 2 unspecified atom stereocenters. The van der Waals surface area contributed by atoms with Crippen LogP contribution in [0.4, 0.5) is 0 Å². The number of carbonyl (C=O) groups excluding carboxylic acids is 1. The lowest BCUT2D eigenvalue weighted by Crippen LogP contribution is -2.28. The SMILES string of the molecule is O=C(C(c1ccc(Br)cc1)C(Br)Br)C(c1ccc(Br)cc1)C(Br)Br. The summed E-state index contributed by atoms with van der Waals surface area (Å²) < 4.78 is 1.66. The molecule has 0 aliphatic heterocycles. The van der Waals surface area contributed by atoms with Crippen molar-refractivity contribution in [2.45, 2.75) is 19.3 Å². The molecule has 24 heavy (non-hydrogen) atoms. The lowest BCUT2D eigenvalue weighted by molar-refractivity contribution is -0.121. The number of Topliss-reactive ketones (excluding diaryl/α,β-unsaturated/α-hetero) is 1. The average Bonchev–Trinajstić information content (AvgIpc) is 2.51. The number of benzene rings is 2. The zero-order chi connectivity index (χ0) is 17.9. The van der Waals surface area contributed by atoms with Crippen molar-refractivity contribution in [3.8, 4) is 0 Å². The van der Waals surface area contributed by atoms with E-state index in [9.17, 15) is 4.79 Å². The van der Waals surface area contributed by atoms with Gasteiger partial charge in [-0.3, -0.25) is 4.79 Å². The molecule has 0 heterocycles. The van der Waals surface area contributed by atoms with Crippen molar-refractivity contribution in [3.05, 3.63) is 68.6 Å². The molecule has 2 aromatic carbocycles. The molecule has 0 amide bonds. The summed E-state index contributed by atoms with van der Waals surface area (Å²) in [5.41, 5.74) is 1.93. The summed E-state index contributed by atoms with van der Waals surface area (Å²) in [5, 5.41) is 0. The minimum absolute atomic E-state index is 0.122. The van der Waals surface area contributed by atoms with Gasteiger partial charge in [-0.25, -0.2) is 0 Å². The van der Waals surface area contributed by atoms with Gasteiger partial charge in [-0.2, -0.15) is 0 Å². The fraction of sp³-hybridized carbons (Fsp3) is 0.235. The van der Waals surface area contributed by atoms with Crippen LogP contribution in [0.2, 0.25) is 0 Å². The molecule has 0 aliphatic carbocycles. The van der Waals surface area contributed by atoms with Crippen molar-refractivity contribution < 1.29 is 4.79 Å². The Labute approximate surface area is 192 Å². The highest BCUT2D eigenvalue weighted by Crippen LogP contribution is 2.40. The monoisotopic (exact) mass is 706 g/mol. The maximum absolute atomic E-state index is 13.4. The van der Waals surface area contributed by atoms with Gasteiger partial charge in [0.25, 0.3) is 0 Å². The van der Waals surface area contributed by atoms with Crippen LogP contribution in [0.25, 0.3) is 0 Å². The second-order valence-corrected chi connectivity index (χ2v) is 13.4. The van der Waals surface area contributed by atoms with Crippen molar-refractivity contribution in [1.29, 1.82) is 0 Å². The predicted octanol–water partition coefficient (Wildman–Crippen LogP) is 7.88. The van der Waals surface area contributed by atoms with Crippen LogP contribution in [0.5, 0.6) is 0 Å². The van der Waals surface area contributed by atoms with Crippen LogP contribution in [-0.2, 0) is 4.79 Å². The van der Waals surface area contributed by atoms with Crippen LogP contribution >= 0.6 is 95.6 Å². The van der Waals surface area contributed by atoms with Crippen molar-refractivity contribution in [2.75, 3.05) is 0 Å². The van der Waals surface area contributed by atoms with Crippen LogP contribution in [0.15, 0.2) is 57.5 Å². The number of alkyl halides is 4. The number of rotatable bonds is 6. The number of carbonyl (C=O) groups is 1. The zero-order valence-corrected chi connectivity index (χ0v) is 21.6. The average molecular weight is 712 g/mol. The molecule has 2 rings (SSSR count). The Kier molecular flexibility index (Phi) is 8.68. The molecular formula is C17H12Br6O. The van der Waals surface area contributed by atoms with E-state index in [0.717, 1.165) is 20.1 Å². The van der Waals surface area contributed by atoms with Gasteiger partial charge in [-0.05, 0) is 35.4 Å². The Morgan fingerprint density at radius 1 is 0.625 bits per heavy atom. The third-order valence-corrected chi connectivity index (χ3v) is 6.75. The second kappa shape index (κ2) is 9.79. The lowest BCUT2D eigenvalue weighted by atomic mass is 9.86. The largest absolute Gasteiger partial charge is 0.298 e. The van der Waals surface area contributed by atoms with Gasteiger partial charge in [0, 0.05) is 8.95 Å². The minimum atomic E-state index is -0.315. The first-order valence-electron chi connectivity index (χ1n) is 6.92. The predicted molar refractivity (Wildman–Crippen MR) is 122 cm³/mol. The van der Waals surface area contributed by atoms with Crippen molar-refractivity contribution in [1.82, 2.24) is 0 Å². The highest BCUT2D eigenvalue weighted by Gasteiger charge is 2.35. The fourth-order valence-corrected chi connectivity index (χ4v) is 5.19. The fourth-order valence-electron chi connectivity index (χ4n) is 2.40. The summed E-state index contributed by atoms with van der Waals surface area (Å²) in [5.74, 6) is -0.508. The molecule has 0 bridgehead atoms. The molecule has 0 fully saturated rings. The summed E-state index contributed by atoms with van der Waals surface area (Å²) in [7, 11) is 0. The Morgan fingerprint density at radius 2 is 0.917 bits per heavy atom. The van der Waals surface area contributed by atoms with Gasteiger partial charge in [-0.15, -0.1) is 0 Å². The second-order valence-electron chi connectivity index (χ2n) is 5.13. The van der Waals surface area contributed by atoms with Gasteiger partial charge >= 0.3 is 0 Å². The number of halogens is 6. The molecule has 2 atom stereocenters. The molecule has 7 heteroatoms. The topological polar surface area (TPSA) is 17.1 Å². The molecule has 0 saturated heterocycles. The van der Waals surface area contributed by atoms with Gasteiger partial charge in [0.05, 0.1) is 19.3 Å². The van der Waals surface area contributed by atoms with E-state index < -0.39 is 0 Å². The standard InChI is InChI=1S/C17H12Br6O/c18-11-5-1-9(2-6-11)13(16(20)21)15(24)14(17(22)23)10-3-7-12(19)8-4-10/h1-8,13-14,16-17H. The first-order chi connectivity index (χ1) is 11.3. The zero-order valence-electron chi connectivity index (χ0n) is 12.1. The Balaban J connectivity index is 2.41. The van der Waals surface area contributed by atoms with Gasteiger partial charge in [0.2, 0.25) is 0 Å². The van der Waals surface area contributed by atoms with E-state index in [1.54, 1.807) is 0 Å². The summed E-state index contributed by atoms with van der Waals surface area (Å²) >= 11 is 21.1. The maximum Gasteiger partial charge on any atom is 0.151 e. The Morgan fingerprint density at radius 3 is 1.17 bits per heavy atom. The number of hydrogen-bond donors (Lipinski definition) is 0. The Hall–Kier alpha value is 0.990. The highest BCUT2D eigenvalue weighted by molar-refractivity contribution is 9.25. The molecule has 2 aromatic rings. The van der Waals surface area contributed by atoms with Crippen LogP contribution < -0.4 is 0 Å². The summed E-state index contributed by atoms with van der Waals surface area (Å²) in [6.07, 6.45) is 0. The number of hydrogen-bond acceptors (Lipinski definition) is 1. The highest BCUT2D eigenvalue weighted by atomic mass is 79.9. The summed E-state index contributed by atoms with van der Waals surface area (Å²) in [6, 6.07) is 15.7. The molecule has 128 valence electrons. The number of ketones is 1. The van der Waals surface area contributed by atoms with Crippen LogP contribution in [0.3, 0.4) is 0 Å². The van der Waals surface area contributed by atoms with Gasteiger partial charge < -0.3 is 0 Å². The normalized spacial score (nSPS) is 14.0. The van der Waals surface area contributed by atoms with E-state index in [1.165, 1.54) is 0 Å². The van der Waals surface area contributed by atoms with E-state index >= 15 is 0 Å². The van der Waals surface area contributed by atoms with E-state index in [0.29, 0.717) is 0 Å². The molecule has 0 N–H and O–H groups in total. The van der Waals surface area contributed by atoms with Crippen molar-refractivity contribution >= 4 is 101 Å². The smallest absolute Gasteiger partial charge is 0.151 e. The quantitative estimate of drug-likeness (QED) is 0.279. The van der Waals surface area contributed by atoms with Crippen LogP contribution in [-0.4, -0.2) is 13.3 Å². The Bertz CT molecular complexity index is 622. The third kappa shape index (κ3) is 5.49. The van der Waals surface area contributed by atoms with Gasteiger partial charge in [0.1, 0.15) is 0 Å².